The molecule has 2 heterocycles. The van der Waals surface area contributed by atoms with Crippen molar-refractivity contribution in [2.24, 2.45) is 0 Å². The summed E-state index contributed by atoms with van der Waals surface area (Å²) in [6.07, 6.45) is 1.74. The molecule has 0 radical (unpaired) electrons. The average molecular weight is 341 g/mol. The lowest BCUT2D eigenvalue weighted by molar-refractivity contribution is -0.123. The number of ether oxygens (including phenoxy) is 1. The standard InChI is InChI=1S/C19H23N3O3/c1-13(22-19(24)18-10-16(23)11-21-18)14-5-4-7-17(9-14)25-12-15-6-2-3-8-20-15/h2-9,13,16,18,21,23H,10-12H2,1H3,(H,22,24). The van der Waals surface area contributed by atoms with E-state index >= 15 is 0 Å². The Bertz CT molecular complexity index is 708. The summed E-state index contributed by atoms with van der Waals surface area (Å²) in [6.45, 7) is 2.79. The number of carbonyl (C=O) groups excluding carboxylic acids is 1. The zero-order valence-electron chi connectivity index (χ0n) is 14.2. The van der Waals surface area contributed by atoms with E-state index in [-0.39, 0.29) is 18.0 Å². The first kappa shape index (κ1) is 17.4. The lowest BCUT2D eigenvalue weighted by Crippen LogP contribution is -2.41. The third-order valence-corrected chi connectivity index (χ3v) is 4.25. The van der Waals surface area contributed by atoms with E-state index in [0.29, 0.717) is 19.6 Å². The van der Waals surface area contributed by atoms with Gasteiger partial charge in [-0.1, -0.05) is 18.2 Å². The van der Waals surface area contributed by atoms with Gasteiger partial charge in [0.2, 0.25) is 5.91 Å². The maximum Gasteiger partial charge on any atom is 0.237 e. The minimum atomic E-state index is -0.450. The van der Waals surface area contributed by atoms with Gasteiger partial charge in [-0.25, -0.2) is 0 Å². The number of carbonyl (C=O) groups is 1. The van der Waals surface area contributed by atoms with Gasteiger partial charge in [0.1, 0.15) is 12.4 Å². The number of aliphatic hydroxyl groups excluding tert-OH is 1. The van der Waals surface area contributed by atoms with Gasteiger partial charge in [0.15, 0.2) is 0 Å². The Balaban J connectivity index is 1.57. The van der Waals surface area contributed by atoms with Gasteiger partial charge in [-0.15, -0.1) is 0 Å². The van der Waals surface area contributed by atoms with Crippen molar-refractivity contribution in [3.05, 3.63) is 59.9 Å². The molecule has 2 aromatic rings. The van der Waals surface area contributed by atoms with E-state index in [0.717, 1.165) is 17.0 Å². The van der Waals surface area contributed by atoms with Crippen molar-refractivity contribution < 1.29 is 14.6 Å². The van der Waals surface area contributed by atoms with Crippen LogP contribution in [0.2, 0.25) is 0 Å². The van der Waals surface area contributed by atoms with E-state index in [1.807, 2.05) is 49.4 Å². The molecule has 6 heteroatoms. The largest absolute Gasteiger partial charge is 0.487 e. The molecule has 0 aliphatic carbocycles. The first-order valence-electron chi connectivity index (χ1n) is 8.46. The molecule has 1 saturated heterocycles. The van der Waals surface area contributed by atoms with Crippen molar-refractivity contribution in [1.82, 2.24) is 15.6 Å². The summed E-state index contributed by atoms with van der Waals surface area (Å²) in [5, 5.41) is 15.5. The van der Waals surface area contributed by atoms with Gasteiger partial charge in [-0.2, -0.15) is 0 Å². The number of nitrogens with zero attached hydrogens (tertiary/aromatic N) is 1. The molecule has 132 valence electrons. The van der Waals surface area contributed by atoms with E-state index in [9.17, 15) is 9.90 Å². The molecular weight excluding hydrogens is 318 g/mol. The molecule has 0 spiro atoms. The fraction of sp³-hybridized carbons (Fsp3) is 0.368. The molecular formula is C19H23N3O3. The second-order valence-electron chi connectivity index (χ2n) is 6.26. The number of pyridine rings is 1. The van der Waals surface area contributed by atoms with Crippen LogP contribution in [0, 0.1) is 0 Å². The third-order valence-electron chi connectivity index (χ3n) is 4.25. The third kappa shape index (κ3) is 4.78. The van der Waals surface area contributed by atoms with Crippen LogP contribution in [0.15, 0.2) is 48.7 Å². The molecule has 1 aromatic carbocycles. The molecule has 0 saturated carbocycles. The minimum Gasteiger partial charge on any atom is -0.487 e. The van der Waals surface area contributed by atoms with E-state index in [2.05, 4.69) is 15.6 Å². The summed E-state index contributed by atoms with van der Waals surface area (Å²) in [4.78, 5) is 16.5. The van der Waals surface area contributed by atoms with Gasteiger partial charge in [-0.05, 0) is 43.2 Å². The summed E-state index contributed by atoms with van der Waals surface area (Å²) in [7, 11) is 0. The predicted molar refractivity (Wildman–Crippen MR) is 94.0 cm³/mol. The van der Waals surface area contributed by atoms with Gasteiger partial charge in [-0.3, -0.25) is 9.78 Å². The van der Waals surface area contributed by atoms with E-state index in [1.165, 1.54) is 0 Å². The zero-order chi connectivity index (χ0) is 17.6. The SMILES string of the molecule is CC(NC(=O)C1CC(O)CN1)c1cccc(OCc2ccccn2)c1. The summed E-state index contributed by atoms with van der Waals surface area (Å²) >= 11 is 0. The lowest BCUT2D eigenvalue weighted by Gasteiger charge is -2.18. The Kier molecular flexibility index (Phi) is 5.63. The molecule has 1 fully saturated rings. The highest BCUT2D eigenvalue weighted by molar-refractivity contribution is 5.82. The van der Waals surface area contributed by atoms with Gasteiger partial charge >= 0.3 is 0 Å². The van der Waals surface area contributed by atoms with Crippen LogP contribution in [0.3, 0.4) is 0 Å². The monoisotopic (exact) mass is 341 g/mol. The molecule has 25 heavy (non-hydrogen) atoms. The molecule has 3 atom stereocenters. The molecule has 3 N–H and O–H groups in total. The second kappa shape index (κ2) is 8.09. The van der Waals surface area contributed by atoms with Crippen LogP contribution in [0.1, 0.15) is 30.6 Å². The van der Waals surface area contributed by atoms with Crippen LogP contribution >= 0.6 is 0 Å². The van der Waals surface area contributed by atoms with Crippen LogP contribution in [0.4, 0.5) is 0 Å². The normalized spacial score (nSPS) is 20.9. The van der Waals surface area contributed by atoms with E-state index in [4.69, 9.17) is 4.74 Å². The number of hydrogen-bond acceptors (Lipinski definition) is 5. The quantitative estimate of drug-likeness (QED) is 0.743. The topological polar surface area (TPSA) is 83.5 Å². The van der Waals surface area contributed by atoms with Crippen molar-refractivity contribution in [1.29, 1.82) is 0 Å². The van der Waals surface area contributed by atoms with Crippen molar-refractivity contribution in [2.75, 3.05) is 6.54 Å². The Morgan fingerprint density at radius 3 is 3.00 bits per heavy atom. The summed E-state index contributed by atoms with van der Waals surface area (Å²) in [5.74, 6) is 0.641. The van der Waals surface area contributed by atoms with Crippen LogP contribution in [-0.4, -0.2) is 34.7 Å². The number of rotatable bonds is 6. The van der Waals surface area contributed by atoms with Gasteiger partial charge in [0.05, 0.1) is 23.9 Å². The molecule has 3 unspecified atom stereocenters. The van der Waals surface area contributed by atoms with Crippen molar-refractivity contribution in [2.45, 2.75) is 38.1 Å². The van der Waals surface area contributed by atoms with Gasteiger partial charge < -0.3 is 20.5 Å². The number of amides is 1. The van der Waals surface area contributed by atoms with Gasteiger partial charge in [0, 0.05) is 12.7 Å². The number of β-amino-alcohol motifs (C(OH)–C–C–N with tert-alkyl or cyclic N) is 1. The minimum absolute atomic E-state index is 0.0937. The predicted octanol–water partition coefficient (Wildman–Crippen LogP) is 1.56. The molecule has 1 amide bonds. The summed E-state index contributed by atoms with van der Waals surface area (Å²) < 4.78 is 5.78. The maximum atomic E-state index is 12.2. The van der Waals surface area contributed by atoms with Crippen LogP contribution in [0.5, 0.6) is 5.75 Å². The Morgan fingerprint density at radius 2 is 2.28 bits per heavy atom. The highest BCUT2D eigenvalue weighted by Crippen LogP contribution is 2.20. The molecule has 0 bridgehead atoms. The van der Waals surface area contributed by atoms with Crippen LogP contribution < -0.4 is 15.4 Å². The second-order valence-corrected chi connectivity index (χ2v) is 6.26. The number of aromatic nitrogens is 1. The molecule has 1 aliphatic heterocycles. The number of benzene rings is 1. The molecule has 1 aliphatic rings. The van der Waals surface area contributed by atoms with Crippen molar-refractivity contribution >= 4 is 5.91 Å². The Morgan fingerprint density at radius 1 is 1.40 bits per heavy atom. The fourth-order valence-corrected chi connectivity index (χ4v) is 2.83. The number of nitrogens with one attached hydrogen (secondary N) is 2. The highest BCUT2D eigenvalue weighted by Gasteiger charge is 2.28. The molecule has 1 aromatic heterocycles. The number of aliphatic hydroxyl groups is 1. The summed E-state index contributed by atoms with van der Waals surface area (Å²) in [5.41, 5.74) is 1.82. The number of hydrogen-bond donors (Lipinski definition) is 3. The summed E-state index contributed by atoms with van der Waals surface area (Å²) in [6, 6.07) is 12.9. The first-order chi connectivity index (χ1) is 12.1. The van der Waals surface area contributed by atoms with Crippen LogP contribution in [0.25, 0.3) is 0 Å². The molecule has 6 nitrogen and oxygen atoms in total. The van der Waals surface area contributed by atoms with E-state index in [1.54, 1.807) is 6.20 Å². The zero-order valence-corrected chi connectivity index (χ0v) is 14.2. The first-order valence-corrected chi connectivity index (χ1v) is 8.46. The lowest BCUT2D eigenvalue weighted by atomic mass is 10.1. The van der Waals surface area contributed by atoms with E-state index < -0.39 is 6.10 Å². The smallest absolute Gasteiger partial charge is 0.237 e. The van der Waals surface area contributed by atoms with Crippen molar-refractivity contribution in [3.8, 4) is 5.75 Å². The Hall–Kier alpha value is -2.44. The van der Waals surface area contributed by atoms with Crippen LogP contribution in [-0.2, 0) is 11.4 Å². The Labute approximate surface area is 147 Å². The average Bonchev–Trinajstić information content (AvgIpc) is 3.08. The van der Waals surface area contributed by atoms with Crippen molar-refractivity contribution in [3.63, 3.8) is 0 Å². The molecule has 3 rings (SSSR count). The fourth-order valence-electron chi connectivity index (χ4n) is 2.83. The highest BCUT2D eigenvalue weighted by atomic mass is 16.5. The van der Waals surface area contributed by atoms with Gasteiger partial charge in [0.25, 0.3) is 0 Å². The maximum absolute atomic E-state index is 12.2.